The molecule has 2 heteroatoms. The molecule has 0 bridgehead atoms. The molecule has 0 saturated carbocycles. The molecule has 2 aromatic rings. The third-order valence-electron chi connectivity index (χ3n) is 2.01. The van der Waals surface area contributed by atoms with Gasteiger partial charge in [0.15, 0.2) is 5.78 Å². The van der Waals surface area contributed by atoms with Gasteiger partial charge in [-0.05, 0) is 24.6 Å². The van der Waals surface area contributed by atoms with E-state index in [9.17, 15) is 4.79 Å². The van der Waals surface area contributed by atoms with Crippen LogP contribution in [-0.2, 0) is 0 Å². The summed E-state index contributed by atoms with van der Waals surface area (Å²) in [4.78, 5) is 13.1. The fraction of sp³-hybridized carbons (Fsp3) is 0.154. The molecular weight excluding hydrogens is 204 g/mol. The van der Waals surface area contributed by atoms with Crippen LogP contribution in [0.2, 0.25) is 0 Å². The van der Waals surface area contributed by atoms with Gasteiger partial charge in [0.2, 0.25) is 0 Å². The minimum Gasteiger partial charge on any atom is -0.294 e. The molecule has 0 aliphatic rings. The predicted molar refractivity (Wildman–Crippen MR) is 66.5 cm³/mol. The van der Waals surface area contributed by atoms with E-state index < -0.39 is 0 Å². The molecule has 0 aliphatic heterocycles. The van der Waals surface area contributed by atoms with Crippen LogP contribution < -0.4 is 0 Å². The Morgan fingerprint density at radius 2 is 1.73 bits per heavy atom. The summed E-state index contributed by atoms with van der Waals surface area (Å²) in [5.74, 6) is 0.136. The van der Waals surface area contributed by atoms with E-state index in [4.69, 9.17) is 0 Å². The van der Waals surface area contributed by atoms with Crippen LogP contribution in [-0.4, -0.2) is 5.78 Å². The largest absolute Gasteiger partial charge is 0.294 e. The summed E-state index contributed by atoms with van der Waals surface area (Å²) in [5, 5.41) is 0. The van der Waals surface area contributed by atoms with Crippen molar-refractivity contribution in [2.75, 3.05) is 0 Å². The van der Waals surface area contributed by atoms with Crippen molar-refractivity contribution in [1.29, 1.82) is 0 Å². The number of carbonyl (C=O) groups is 1. The molecule has 0 atom stereocenters. The Labute approximate surface area is 94.4 Å². The molecule has 0 spiro atoms. The molecule has 0 radical (unpaired) electrons. The van der Waals surface area contributed by atoms with Gasteiger partial charge in [-0.2, -0.15) is 0 Å². The van der Waals surface area contributed by atoms with Crippen molar-refractivity contribution >= 4 is 17.1 Å². The van der Waals surface area contributed by atoms with Crippen molar-refractivity contribution in [3.63, 3.8) is 0 Å². The highest BCUT2D eigenvalue weighted by Crippen LogP contribution is 2.27. The molecule has 1 nitrogen and oxygen atoms in total. The molecule has 0 fully saturated rings. The van der Waals surface area contributed by atoms with Crippen molar-refractivity contribution in [2.45, 2.75) is 14.4 Å². The summed E-state index contributed by atoms with van der Waals surface area (Å²) in [5.41, 5.74) is 1.17. The number of Topliss-reactive ketones (excluding diaryl/α,β-unsaturated/α-hetero) is 1. The molecule has 1 aromatic carbocycles. The zero-order valence-corrected chi connectivity index (χ0v) is 8.67. The summed E-state index contributed by atoms with van der Waals surface area (Å²) in [6.45, 7) is 1.60. The predicted octanol–water partition coefficient (Wildman–Crippen LogP) is 4.25. The summed E-state index contributed by atoms with van der Waals surface area (Å²) < 4.78 is 0. The molecule has 0 unspecified atom stereocenters. The lowest BCUT2D eigenvalue weighted by molar-refractivity contribution is 0.102. The summed E-state index contributed by atoms with van der Waals surface area (Å²) >= 11 is 1.54. The minimum atomic E-state index is 0. The lowest BCUT2D eigenvalue weighted by atomic mass is 10.2. The standard InChI is InChI=1S/C12H10OS.CH4/c1-9(13)11-7-8-12(14-11)10-5-3-2-4-6-10;/h2-8H,1H3;1H4. The molecule has 0 saturated heterocycles. The monoisotopic (exact) mass is 218 g/mol. The van der Waals surface area contributed by atoms with Crippen molar-refractivity contribution in [3.05, 3.63) is 47.3 Å². The van der Waals surface area contributed by atoms with Gasteiger partial charge in [-0.15, -0.1) is 11.3 Å². The van der Waals surface area contributed by atoms with E-state index in [-0.39, 0.29) is 13.2 Å². The van der Waals surface area contributed by atoms with E-state index in [0.717, 1.165) is 9.75 Å². The Hall–Kier alpha value is -1.41. The third kappa shape index (κ3) is 2.54. The van der Waals surface area contributed by atoms with Crippen molar-refractivity contribution in [1.82, 2.24) is 0 Å². The maximum absolute atomic E-state index is 11.1. The first-order valence-corrected chi connectivity index (χ1v) is 5.25. The minimum absolute atomic E-state index is 0. The Kier molecular flexibility index (Phi) is 3.81. The average Bonchev–Trinajstić information content (AvgIpc) is 2.68. The number of ketones is 1. The highest BCUT2D eigenvalue weighted by molar-refractivity contribution is 7.17. The number of hydrogen-bond acceptors (Lipinski definition) is 2. The van der Waals surface area contributed by atoms with Crippen LogP contribution in [0, 0.1) is 0 Å². The van der Waals surface area contributed by atoms with E-state index in [1.165, 1.54) is 5.56 Å². The normalized spacial score (nSPS) is 9.40. The fourth-order valence-electron chi connectivity index (χ4n) is 1.28. The van der Waals surface area contributed by atoms with Gasteiger partial charge in [0.05, 0.1) is 4.88 Å². The fourth-order valence-corrected chi connectivity index (χ4v) is 2.19. The van der Waals surface area contributed by atoms with Crippen LogP contribution in [0.15, 0.2) is 42.5 Å². The van der Waals surface area contributed by atoms with Gasteiger partial charge in [0, 0.05) is 4.88 Å². The molecule has 1 heterocycles. The molecule has 78 valence electrons. The van der Waals surface area contributed by atoms with Gasteiger partial charge >= 0.3 is 0 Å². The first kappa shape index (κ1) is 11.7. The van der Waals surface area contributed by atoms with Crippen LogP contribution in [0.1, 0.15) is 24.0 Å². The van der Waals surface area contributed by atoms with Crippen LogP contribution in [0.25, 0.3) is 10.4 Å². The van der Waals surface area contributed by atoms with Gasteiger partial charge in [0.1, 0.15) is 0 Å². The number of carbonyl (C=O) groups excluding carboxylic acids is 1. The van der Waals surface area contributed by atoms with Gasteiger partial charge < -0.3 is 0 Å². The third-order valence-corrected chi connectivity index (χ3v) is 3.25. The zero-order valence-electron chi connectivity index (χ0n) is 7.86. The lowest BCUT2D eigenvalue weighted by Crippen LogP contribution is -1.83. The van der Waals surface area contributed by atoms with Crippen molar-refractivity contribution in [3.8, 4) is 10.4 Å². The van der Waals surface area contributed by atoms with Gasteiger partial charge in [-0.1, -0.05) is 37.8 Å². The molecule has 0 N–H and O–H groups in total. The first-order valence-electron chi connectivity index (χ1n) is 4.43. The van der Waals surface area contributed by atoms with Crippen LogP contribution in [0.4, 0.5) is 0 Å². The Morgan fingerprint density at radius 3 is 2.27 bits per heavy atom. The second-order valence-electron chi connectivity index (χ2n) is 3.09. The maximum Gasteiger partial charge on any atom is 0.169 e. The van der Waals surface area contributed by atoms with Crippen molar-refractivity contribution in [2.24, 2.45) is 0 Å². The van der Waals surface area contributed by atoms with Crippen molar-refractivity contribution < 1.29 is 4.79 Å². The molecule has 2 rings (SSSR count). The maximum atomic E-state index is 11.1. The smallest absolute Gasteiger partial charge is 0.169 e. The highest BCUT2D eigenvalue weighted by atomic mass is 32.1. The number of rotatable bonds is 2. The van der Waals surface area contributed by atoms with E-state index in [2.05, 4.69) is 12.1 Å². The Morgan fingerprint density at radius 1 is 1.07 bits per heavy atom. The van der Waals surface area contributed by atoms with E-state index >= 15 is 0 Å². The SMILES string of the molecule is C.CC(=O)c1ccc(-c2ccccc2)s1. The van der Waals surface area contributed by atoms with Crippen LogP contribution in [0.3, 0.4) is 0 Å². The topological polar surface area (TPSA) is 17.1 Å². The lowest BCUT2D eigenvalue weighted by Gasteiger charge is -1.94. The van der Waals surface area contributed by atoms with E-state index in [1.807, 2.05) is 30.3 Å². The van der Waals surface area contributed by atoms with Gasteiger partial charge in [-0.25, -0.2) is 0 Å². The number of thiophene rings is 1. The number of benzene rings is 1. The molecule has 0 aliphatic carbocycles. The van der Waals surface area contributed by atoms with E-state index in [0.29, 0.717) is 0 Å². The first-order chi connectivity index (χ1) is 6.77. The second-order valence-corrected chi connectivity index (χ2v) is 4.17. The van der Waals surface area contributed by atoms with Gasteiger partial charge in [0.25, 0.3) is 0 Å². The Balaban J connectivity index is 0.00000112. The van der Waals surface area contributed by atoms with Crippen LogP contribution >= 0.6 is 11.3 Å². The average molecular weight is 218 g/mol. The highest BCUT2D eigenvalue weighted by Gasteiger charge is 2.04. The van der Waals surface area contributed by atoms with Gasteiger partial charge in [-0.3, -0.25) is 4.79 Å². The molecule has 0 amide bonds. The molecule has 15 heavy (non-hydrogen) atoms. The van der Waals surface area contributed by atoms with Crippen LogP contribution in [0.5, 0.6) is 0 Å². The zero-order chi connectivity index (χ0) is 9.97. The number of hydrogen-bond donors (Lipinski definition) is 0. The second kappa shape index (κ2) is 4.89. The Bertz CT molecular complexity index is 443. The molecule has 1 aromatic heterocycles. The summed E-state index contributed by atoms with van der Waals surface area (Å²) in [6, 6.07) is 14.0. The molecular formula is C13H14OS. The summed E-state index contributed by atoms with van der Waals surface area (Å²) in [6.07, 6.45) is 0. The quantitative estimate of drug-likeness (QED) is 0.688. The summed E-state index contributed by atoms with van der Waals surface area (Å²) in [7, 11) is 0. The van der Waals surface area contributed by atoms with E-state index in [1.54, 1.807) is 18.3 Å².